The van der Waals surface area contributed by atoms with E-state index in [0.29, 0.717) is 17.4 Å². The zero-order chi connectivity index (χ0) is 13.8. The van der Waals surface area contributed by atoms with Gasteiger partial charge in [-0.15, -0.1) is 50.9 Å². The number of fused-ring (bicyclic) bond motifs is 1. The third kappa shape index (κ3) is 5.57. The van der Waals surface area contributed by atoms with E-state index in [0.717, 1.165) is 18.5 Å². The minimum absolute atomic E-state index is 0. The zero-order valence-electron chi connectivity index (χ0n) is 12.2. The second-order valence-corrected chi connectivity index (χ2v) is 4.67. The Balaban J connectivity index is 0. The van der Waals surface area contributed by atoms with E-state index >= 15 is 0 Å². The molecule has 0 aliphatic heterocycles. The number of aromatic hydroxyl groups is 2. The number of rotatable bonds is 5. The van der Waals surface area contributed by atoms with Gasteiger partial charge in [0.2, 0.25) is 0 Å². The highest BCUT2D eigenvalue weighted by Gasteiger charge is 2.12. The van der Waals surface area contributed by atoms with Gasteiger partial charge in [-0.2, -0.15) is 0 Å². The quantitative estimate of drug-likeness (QED) is 0.367. The second kappa shape index (κ2) is 11.0. The molecule has 0 fully saturated rings. The molecule has 0 saturated carbocycles. The molecule has 0 aliphatic carbocycles. The van der Waals surface area contributed by atoms with Crippen molar-refractivity contribution in [2.45, 2.75) is 25.8 Å². The third-order valence-electron chi connectivity index (χ3n) is 3.08. The molecule has 0 aliphatic rings. The summed E-state index contributed by atoms with van der Waals surface area (Å²) >= 11 is 0. The van der Waals surface area contributed by atoms with Crippen LogP contribution in [0.3, 0.4) is 0 Å². The second-order valence-electron chi connectivity index (χ2n) is 4.67. The van der Waals surface area contributed by atoms with Gasteiger partial charge in [-0.05, 0) is 38.4 Å². The van der Waals surface area contributed by atoms with E-state index in [1.165, 1.54) is 6.07 Å². The number of nitrogens with two attached hydrogens (primary N) is 1. The van der Waals surface area contributed by atoms with Gasteiger partial charge in [-0.1, -0.05) is 0 Å². The van der Waals surface area contributed by atoms with Crippen LogP contribution in [0.5, 0.6) is 11.5 Å². The molecule has 1 atom stereocenters. The van der Waals surface area contributed by atoms with Crippen LogP contribution in [-0.4, -0.2) is 27.8 Å². The van der Waals surface area contributed by atoms with Crippen LogP contribution >= 0.6 is 50.9 Å². The van der Waals surface area contributed by atoms with Gasteiger partial charge >= 0.3 is 0 Å². The van der Waals surface area contributed by atoms with Crippen LogP contribution in [0.1, 0.15) is 19.8 Å². The molecule has 0 saturated heterocycles. The molecule has 1 unspecified atom stereocenters. The molecule has 5 nitrogen and oxygen atoms in total. The molecule has 1 heterocycles. The van der Waals surface area contributed by atoms with Crippen LogP contribution < -0.4 is 11.1 Å². The van der Waals surface area contributed by atoms with Crippen LogP contribution in [0.2, 0.25) is 0 Å². The Morgan fingerprint density at radius 2 is 1.95 bits per heavy atom. The SMILES string of the molecule is Br.Br.Br.CC(CCCN)Nc1cc(O)c(O)c2cccnc12. The summed E-state index contributed by atoms with van der Waals surface area (Å²) in [5.41, 5.74) is 6.86. The fourth-order valence-electron chi connectivity index (χ4n) is 2.09. The van der Waals surface area contributed by atoms with Gasteiger partial charge in [-0.3, -0.25) is 4.98 Å². The normalized spacial score (nSPS) is 10.8. The number of hydrogen-bond acceptors (Lipinski definition) is 5. The van der Waals surface area contributed by atoms with E-state index in [1.807, 2.05) is 6.92 Å². The number of phenolic OH excluding ortho intramolecular Hbond substituents is 2. The van der Waals surface area contributed by atoms with Gasteiger partial charge < -0.3 is 21.3 Å². The molecular formula is C14H22Br3N3O2. The average molecular weight is 504 g/mol. The summed E-state index contributed by atoms with van der Waals surface area (Å²) in [5, 5.41) is 23.4. The summed E-state index contributed by atoms with van der Waals surface area (Å²) in [6.07, 6.45) is 3.53. The van der Waals surface area contributed by atoms with E-state index in [9.17, 15) is 10.2 Å². The highest BCUT2D eigenvalue weighted by atomic mass is 79.9. The lowest BCUT2D eigenvalue weighted by atomic mass is 10.1. The molecule has 5 N–H and O–H groups in total. The van der Waals surface area contributed by atoms with Gasteiger partial charge in [0, 0.05) is 23.7 Å². The van der Waals surface area contributed by atoms with E-state index in [2.05, 4.69) is 10.3 Å². The van der Waals surface area contributed by atoms with E-state index < -0.39 is 0 Å². The van der Waals surface area contributed by atoms with Gasteiger partial charge in [-0.25, -0.2) is 0 Å². The number of benzene rings is 1. The molecule has 22 heavy (non-hydrogen) atoms. The summed E-state index contributed by atoms with van der Waals surface area (Å²) in [6, 6.07) is 5.18. The monoisotopic (exact) mass is 501 g/mol. The zero-order valence-corrected chi connectivity index (χ0v) is 17.3. The highest BCUT2D eigenvalue weighted by Crippen LogP contribution is 2.37. The maximum atomic E-state index is 9.82. The van der Waals surface area contributed by atoms with E-state index in [1.54, 1.807) is 18.3 Å². The Morgan fingerprint density at radius 3 is 2.59 bits per heavy atom. The number of halogens is 3. The molecule has 0 spiro atoms. The first-order chi connectivity index (χ1) is 9.13. The summed E-state index contributed by atoms with van der Waals surface area (Å²) in [7, 11) is 0. The van der Waals surface area contributed by atoms with E-state index in [4.69, 9.17) is 5.73 Å². The molecule has 2 rings (SSSR count). The molecule has 126 valence electrons. The Labute approximate surface area is 161 Å². The van der Waals surface area contributed by atoms with Crippen LogP contribution in [0.25, 0.3) is 10.9 Å². The number of pyridine rings is 1. The van der Waals surface area contributed by atoms with Crippen molar-refractivity contribution in [1.29, 1.82) is 0 Å². The summed E-state index contributed by atoms with van der Waals surface area (Å²) in [4.78, 5) is 4.26. The minimum atomic E-state index is -0.144. The summed E-state index contributed by atoms with van der Waals surface area (Å²) < 4.78 is 0. The Morgan fingerprint density at radius 1 is 1.27 bits per heavy atom. The molecule has 8 heteroatoms. The highest BCUT2D eigenvalue weighted by molar-refractivity contribution is 8.93. The number of anilines is 1. The number of nitrogens with one attached hydrogen (secondary N) is 1. The topological polar surface area (TPSA) is 91.4 Å². The molecule has 1 aromatic heterocycles. The first-order valence-electron chi connectivity index (χ1n) is 6.39. The molecule has 1 aromatic carbocycles. The van der Waals surface area contributed by atoms with Crippen LogP contribution in [0.4, 0.5) is 5.69 Å². The molecular weight excluding hydrogens is 482 g/mol. The lowest BCUT2D eigenvalue weighted by Crippen LogP contribution is -2.17. The first kappa shape index (κ1) is 23.7. The summed E-state index contributed by atoms with van der Waals surface area (Å²) in [6.45, 7) is 2.71. The Kier molecular flexibility index (Phi) is 11.9. The average Bonchev–Trinajstić information content (AvgIpc) is 2.42. The van der Waals surface area contributed by atoms with Crippen LogP contribution in [0, 0.1) is 0 Å². The smallest absolute Gasteiger partial charge is 0.167 e. The number of hydrogen-bond donors (Lipinski definition) is 4. The fourth-order valence-corrected chi connectivity index (χ4v) is 2.09. The summed E-state index contributed by atoms with van der Waals surface area (Å²) in [5.74, 6) is -0.280. The van der Waals surface area contributed by atoms with E-state index in [-0.39, 0.29) is 68.5 Å². The van der Waals surface area contributed by atoms with Crippen molar-refractivity contribution >= 4 is 67.5 Å². The largest absolute Gasteiger partial charge is 0.504 e. The van der Waals surface area contributed by atoms with Gasteiger partial charge in [0.25, 0.3) is 0 Å². The molecule has 0 amide bonds. The predicted molar refractivity (Wildman–Crippen MR) is 107 cm³/mol. The lowest BCUT2D eigenvalue weighted by molar-refractivity contribution is 0.408. The number of phenols is 2. The van der Waals surface area contributed by atoms with Crippen molar-refractivity contribution in [3.8, 4) is 11.5 Å². The number of aromatic nitrogens is 1. The Hall–Kier alpha value is -0.570. The maximum absolute atomic E-state index is 9.82. The third-order valence-corrected chi connectivity index (χ3v) is 3.08. The molecule has 0 bridgehead atoms. The standard InChI is InChI=1S/C14H19N3O2.3BrH/c1-9(4-2-6-15)17-11-8-12(18)14(19)10-5-3-7-16-13(10)11;;;/h3,5,7-9,17-19H,2,4,6,15H2,1H3;3*1H. The van der Waals surface area contributed by atoms with Crippen molar-refractivity contribution in [3.05, 3.63) is 24.4 Å². The minimum Gasteiger partial charge on any atom is -0.504 e. The van der Waals surface area contributed by atoms with Crippen LogP contribution in [-0.2, 0) is 0 Å². The van der Waals surface area contributed by atoms with Gasteiger partial charge in [0.15, 0.2) is 11.5 Å². The molecule has 0 radical (unpaired) electrons. The van der Waals surface area contributed by atoms with Crippen molar-refractivity contribution < 1.29 is 10.2 Å². The Bertz CT molecular complexity index is 585. The van der Waals surface area contributed by atoms with Crippen molar-refractivity contribution in [1.82, 2.24) is 4.98 Å². The van der Waals surface area contributed by atoms with Gasteiger partial charge in [0.1, 0.15) is 0 Å². The van der Waals surface area contributed by atoms with Gasteiger partial charge in [0.05, 0.1) is 11.2 Å². The fraction of sp³-hybridized carbons (Fsp3) is 0.357. The first-order valence-corrected chi connectivity index (χ1v) is 6.39. The lowest BCUT2D eigenvalue weighted by Gasteiger charge is -2.17. The van der Waals surface area contributed by atoms with Crippen molar-refractivity contribution in [2.24, 2.45) is 5.73 Å². The molecule has 2 aromatic rings. The predicted octanol–water partition coefficient (Wildman–Crippen LogP) is 3.92. The van der Waals surface area contributed by atoms with Crippen LogP contribution in [0.15, 0.2) is 24.4 Å². The maximum Gasteiger partial charge on any atom is 0.167 e. The number of nitrogens with zero attached hydrogens (tertiary/aromatic N) is 1. The van der Waals surface area contributed by atoms with Crippen molar-refractivity contribution in [2.75, 3.05) is 11.9 Å². The van der Waals surface area contributed by atoms with Crippen molar-refractivity contribution in [3.63, 3.8) is 0 Å².